The predicted molar refractivity (Wildman–Crippen MR) is 49.3 cm³/mol. The third kappa shape index (κ3) is 1.90. The minimum absolute atomic E-state index is 0.131. The van der Waals surface area contributed by atoms with Crippen LogP contribution in [0.1, 0.15) is 13.8 Å². The highest BCUT2D eigenvalue weighted by atomic mass is 32.2. The van der Waals surface area contributed by atoms with Gasteiger partial charge in [0.2, 0.25) is 10.0 Å². The Labute approximate surface area is 78.5 Å². The zero-order chi connectivity index (χ0) is 10.1. The largest absolute Gasteiger partial charge is 0.214 e. The van der Waals surface area contributed by atoms with E-state index in [1.165, 1.54) is 4.31 Å². The Bertz CT molecular complexity index is 367. The minimum Gasteiger partial charge on any atom is -0.212 e. The highest BCUT2D eigenvalue weighted by molar-refractivity contribution is 7.89. The zero-order valence-electron chi connectivity index (χ0n) is 7.74. The fraction of sp³-hybridized carbons (Fsp3) is 0.625. The van der Waals surface area contributed by atoms with E-state index in [0.717, 1.165) is 5.57 Å². The number of rotatable bonds is 2. The highest BCUT2D eigenvalue weighted by Crippen LogP contribution is 2.21. The van der Waals surface area contributed by atoms with E-state index in [1.807, 2.05) is 6.07 Å². The second kappa shape index (κ2) is 3.48. The van der Waals surface area contributed by atoms with Gasteiger partial charge in [-0.3, -0.25) is 0 Å². The molecule has 1 rings (SSSR count). The van der Waals surface area contributed by atoms with Crippen molar-refractivity contribution in [3.8, 4) is 6.07 Å². The molecule has 0 spiro atoms. The Kier molecular flexibility index (Phi) is 2.74. The van der Waals surface area contributed by atoms with Gasteiger partial charge in [0.1, 0.15) is 0 Å². The average molecular weight is 200 g/mol. The standard InChI is InChI=1S/C8H12N2O2S/c1-3-13(11,12)10-5-8(6-10)7(2)4-9/h3,5-6H2,1-2H3. The first-order chi connectivity index (χ1) is 6.01. The molecule has 0 aromatic carbocycles. The number of hydrogen-bond donors (Lipinski definition) is 0. The van der Waals surface area contributed by atoms with Crippen LogP contribution in [0.4, 0.5) is 0 Å². The summed E-state index contributed by atoms with van der Waals surface area (Å²) in [5.74, 6) is 0.131. The molecule has 1 aliphatic rings. The van der Waals surface area contributed by atoms with Gasteiger partial charge in [-0.1, -0.05) is 0 Å². The summed E-state index contributed by atoms with van der Waals surface area (Å²) >= 11 is 0. The van der Waals surface area contributed by atoms with Gasteiger partial charge in [0.15, 0.2) is 0 Å². The van der Waals surface area contributed by atoms with Crippen molar-refractivity contribution in [2.75, 3.05) is 18.8 Å². The predicted octanol–water partition coefficient (Wildman–Crippen LogP) is 0.492. The van der Waals surface area contributed by atoms with Crippen LogP contribution in [-0.4, -0.2) is 31.6 Å². The lowest BCUT2D eigenvalue weighted by Crippen LogP contribution is -2.45. The Morgan fingerprint density at radius 2 is 2.15 bits per heavy atom. The summed E-state index contributed by atoms with van der Waals surface area (Å²) < 4.78 is 23.9. The van der Waals surface area contributed by atoms with E-state index in [1.54, 1.807) is 13.8 Å². The normalized spacial score (nSPS) is 17.8. The Hall–Kier alpha value is -0.860. The first kappa shape index (κ1) is 10.2. The monoisotopic (exact) mass is 200 g/mol. The molecule has 72 valence electrons. The first-order valence-corrected chi connectivity index (χ1v) is 5.68. The van der Waals surface area contributed by atoms with Gasteiger partial charge in [-0.25, -0.2) is 8.42 Å². The second-order valence-electron chi connectivity index (χ2n) is 3.01. The van der Waals surface area contributed by atoms with Crippen LogP contribution in [0.2, 0.25) is 0 Å². The summed E-state index contributed by atoms with van der Waals surface area (Å²) in [7, 11) is -3.05. The van der Waals surface area contributed by atoms with E-state index in [0.29, 0.717) is 18.7 Å². The zero-order valence-corrected chi connectivity index (χ0v) is 8.56. The lowest BCUT2D eigenvalue weighted by atomic mass is 10.1. The molecule has 1 fully saturated rings. The molecule has 0 unspecified atom stereocenters. The van der Waals surface area contributed by atoms with Crippen LogP contribution in [-0.2, 0) is 10.0 Å². The Morgan fingerprint density at radius 1 is 1.62 bits per heavy atom. The van der Waals surface area contributed by atoms with E-state index in [-0.39, 0.29) is 5.75 Å². The molecular weight excluding hydrogens is 188 g/mol. The van der Waals surface area contributed by atoms with Gasteiger partial charge >= 0.3 is 0 Å². The summed E-state index contributed by atoms with van der Waals surface area (Å²) in [6, 6.07) is 2.02. The maximum absolute atomic E-state index is 11.3. The number of nitriles is 1. The van der Waals surface area contributed by atoms with Crippen LogP contribution in [0.25, 0.3) is 0 Å². The summed E-state index contributed by atoms with van der Waals surface area (Å²) in [4.78, 5) is 0. The highest BCUT2D eigenvalue weighted by Gasteiger charge is 2.31. The molecular formula is C8H12N2O2S. The molecule has 0 aromatic heterocycles. The fourth-order valence-electron chi connectivity index (χ4n) is 1.07. The Balaban J connectivity index is 2.68. The first-order valence-electron chi connectivity index (χ1n) is 4.07. The molecule has 0 N–H and O–H groups in total. The summed E-state index contributed by atoms with van der Waals surface area (Å²) in [5, 5.41) is 8.54. The SMILES string of the molecule is CCS(=O)(=O)N1CC(=C(C)C#N)C1. The van der Waals surface area contributed by atoms with Crippen molar-refractivity contribution >= 4 is 10.0 Å². The van der Waals surface area contributed by atoms with Crippen LogP contribution in [0.15, 0.2) is 11.1 Å². The smallest absolute Gasteiger partial charge is 0.212 e. The number of sulfonamides is 1. The van der Waals surface area contributed by atoms with E-state index in [4.69, 9.17) is 5.26 Å². The van der Waals surface area contributed by atoms with Crippen molar-refractivity contribution in [3.63, 3.8) is 0 Å². The topological polar surface area (TPSA) is 61.2 Å². The maximum Gasteiger partial charge on any atom is 0.214 e. The van der Waals surface area contributed by atoms with E-state index >= 15 is 0 Å². The minimum atomic E-state index is -3.05. The third-order valence-corrected chi connectivity index (χ3v) is 3.97. The van der Waals surface area contributed by atoms with Gasteiger partial charge in [0.25, 0.3) is 0 Å². The molecule has 0 atom stereocenters. The van der Waals surface area contributed by atoms with Gasteiger partial charge in [-0.15, -0.1) is 0 Å². The molecule has 0 aliphatic carbocycles. The molecule has 1 saturated heterocycles. The lowest BCUT2D eigenvalue weighted by molar-refractivity contribution is 0.390. The molecule has 0 amide bonds. The number of nitrogens with zero attached hydrogens (tertiary/aromatic N) is 2. The third-order valence-electron chi connectivity index (χ3n) is 2.19. The number of allylic oxidation sites excluding steroid dienone is 1. The lowest BCUT2D eigenvalue weighted by Gasteiger charge is -2.32. The van der Waals surface area contributed by atoms with Crippen molar-refractivity contribution in [2.45, 2.75) is 13.8 Å². The molecule has 0 bridgehead atoms. The van der Waals surface area contributed by atoms with Crippen LogP contribution >= 0.6 is 0 Å². The van der Waals surface area contributed by atoms with Crippen molar-refractivity contribution in [2.24, 2.45) is 0 Å². The van der Waals surface area contributed by atoms with Crippen LogP contribution in [0.5, 0.6) is 0 Å². The quantitative estimate of drug-likeness (QED) is 0.609. The summed E-state index contributed by atoms with van der Waals surface area (Å²) in [6.07, 6.45) is 0. The fourth-order valence-corrected chi connectivity index (χ4v) is 2.15. The molecule has 4 nitrogen and oxygen atoms in total. The second-order valence-corrected chi connectivity index (χ2v) is 5.27. The van der Waals surface area contributed by atoms with Crippen molar-refractivity contribution in [3.05, 3.63) is 11.1 Å². The number of hydrogen-bond acceptors (Lipinski definition) is 3. The molecule has 13 heavy (non-hydrogen) atoms. The van der Waals surface area contributed by atoms with Crippen LogP contribution in [0, 0.1) is 11.3 Å². The van der Waals surface area contributed by atoms with Gasteiger partial charge in [-0.05, 0) is 19.4 Å². The van der Waals surface area contributed by atoms with E-state index < -0.39 is 10.0 Å². The Morgan fingerprint density at radius 3 is 2.54 bits per heavy atom. The molecule has 1 heterocycles. The summed E-state index contributed by atoms with van der Waals surface area (Å²) in [6.45, 7) is 4.13. The van der Waals surface area contributed by atoms with Gasteiger partial charge in [-0.2, -0.15) is 9.57 Å². The average Bonchev–Trinajstić information content (AvgIpc) is 2.01. The molecule has 0 radical (unpaired) electrons. The summed E-state index contributed by atoms with van der Waals surface area (Å²) in [5.41, 5.74) is 1.57. The van der Waals surface area contributed by atoms with E-state index in [9.17, 15) is 8.42 Å². The maximum atomic E-state index is 11.3. The van der Waals surface area contributed by atoms with Crippen molar-refractivity contribution in [1.82, 2.24) is 4.31 Å². The molecule has 0 saturated carbocycles. The van der Waals surface area contributed by atoms with Crippen molar-refractivity contribution < 1.29 is 8.42 Å². The van der Waals surface area contributed by atoms with Gasteiger partial charge < -0.3 is 0 Å². The van der Waals surface area contributed by atoms with Gasteiger partial charge in [0, 0.05) is 18.7 Å². The van der Waals surface area contributed by atoms with Crippen LogP contribution < -0.4 is 0 Å². The van der Waals surface area contributed by atoms with Gasteiger partial charge in [0.05, 0.1) is 11.8 Å². The van der Waals surface area contributed by atoms with Crippen LogP contribution in [0.3, 0.4) is 0 Å². The molecule has 1 aliphatic heterocycles. The molecule has 5 heteroatoms. The van der Waals surface area contributed by atoms with E-state index in [2.05, 4.69) is 0 Å². The van der Waals surface area contributed by atoms with Crippen molar-refractivity contribution in [1.29, 1.82) is 5.26 Å². The molecule has 0 aromatic rings.